The van der Waals surface area contributed by atoms with Gasteiger partial charge >= 0.3 is 6.18 Å². The summed E-state index contributed by atoms with van der Waals surface area (Å²) in [5.74, 6) is -0.678. The summed E-state index contributed by atoms with van der Waals surface area (Å²) in [5, 5.41) is 9.56. The molecule has 5 heteroatoms. The van der Waals surface area contributed by atoms with Crippen LogP contribution in [0.1, 0.15) is 33.6 Å². The van der Waals surface area contributed by atoms with Crippen molar-refractivity contribution in [1.82, 2.24) is 4.90 Å². The highest BCUT2D eigenvalue weighted by Crippen LogP contribution is 2.40. The highest BCUT2D eigenvalue weighted by molar-refractivity contribution is 4.92. The summed E-state index contributed by atoms with van der Waals surface area (Å²) in [4.78, 5) is 2.14. The van der Waals surface area contributed by atoms with Gasteiger partial charge in [-0.25, -0.2) is 0 Å². The average Bonchev–Trinajstić information content (AvgIpc) is 2.16. The first kappa shape index (κ1) is 13.8. The molecule has 1 atom stereocenters. The number of likely N-dealkylation sites (tertiary alicyclic amines) is 1. The molecule has 0 bridgehead atoms. The quantitative estimate of drug-likeness (QED) is 0.800. The number of piperidine rings is 1. The highest BCUT2D eigenvalue weighted by atomic mass is 19.4. The van der Waals surface area contributed by atoms with Gasteiger partial charge in [-0.1, -0.05) is 0 Å². The summed E-state index contributed by atoms with van der Waals surface area (Å²) < 4.78 is 37.8. The molecule has 1 saturated heterocycles. The monoisotopic (exact) mass is 239 g/mol. The molecular formula is C11H20F3NO. The number of nitrogens with zero attached hydrogens (tertiary/aromatic N) is 1. The van der Waals surface area contributed by atoms with E-state index in [4.69, 9.17) is 0 Å². The molecular weight excluding hydrogens is 219 g/mol. The van der Waals surface area contributed by atoms with E-state index in [-0.39, 0.29) is 0 Å². The zero-order valence-electron chi connectivity index (χ0n) is 10.0. The van der Waals surface area contributed by atoms with Crippen LogP contribution in [0.25, 0.3) is 0 Å². The standard InChI is InChI=1S/C11H20F3NO/c1-8(2)15-6-4-9(5-7-15)10(3,16)11(12,13)14/h8-9,16H,4-7H2,1-3H3/t10-/m1/s1. The van der Waals surface area contributed by atoms with Crippen LogP contribution in [0, 0.1) is 5.92 Å². The first-order valence-electron chi connectivity index (χ1n) is 5.69. The number of hydrogen-bond donors (Lipinski definition) is 1. The third kappa shape index (κ3) is 2.69. The van der Waals surface area contributed by atoms with E-state index in [1.54, 1.807) is 0 Å². The summed E-state index contributed by atoms with van der Waals surface area (Å²) in [5.41, 5.74) is -2.55. The lowest BCUT2D eigenvalue weighted by atomic mass is 9.81. The Morgan fingerprint density at radius 3 is 1.94 bits per heavy atom. The third-order valence-electron chi connectivity index (χ3n) is 3.63. The zero-order valence-corrected chi connectivity index (χ0v) is 10.0. The summed E-state index contributed by atoms with van der Waals surface area (Å²) in [6.07, 6.45) is -3.72. The van der Waals surface area contributed by atoms with Crippen molar-refractivity contribution in [3.05, 3.63) is 0 Å². The molecule has 1 N–H and O–H groups in total. The molecule has 96 valence electrons. The van der Waals surface area contributed by atoms with Gasteiger partial charge in [-0.15, -0.1) is 0 Å². The molecule has 0 aliphatic carbocycles. The number of hydrogen-bond acceptors (Lipinski definition) is 2. The van der Waals surface area contributed by atoms with Crippen molar-refractivity contribution in [1.29, 1.82) is 0 Å². The Kier molecular flexibility index (Phi) is 3.90. The molecule has 1 aliphatic rings. The fourth-order valence-corrected chi connectivity index (χ4v) is 2.21. The van der Waals surface area contributed by atoms with Crippen LogP contribution in [-0.4, -0.2) is 40.9 Å². The molecule has 0 aromatic rings. The second kappa shape index (κ2) is 4.53. The van der Waals surface area contributed by atoms with Crippen LogP contribution < -0.4 is 0 Å². The van der Waals surface area contributed by atoms with Gasteiger partial charge < -0.3 is 10.0 Å². The minimum Gasteiger partial charge on any atom is -0.380 e. The Morgan fingerprint density at radius 1 is 1.19 bits per heavy atom. The van der Waals surface area contributed by atoms with Gasteiger partial charge in [0.15, 0.2) is 5.60 Å². The summed E-state index contributed by atoms with van der Waals surface area (Å²) in [6.45, 7) is 6.22. The van der Waals surface area contributed by atoms with Gasteiger partial charge in [0.2, 0.25) is 0 Å². The molecule has 1 rings (SSSR count). The Morgan fingerprint density at radius 2 is 1.62 bits per heavy atom. The third-order valence-corrected chi connectivity index (χ3v) is 3.63. The maximum atomic E-state index is 12.6. The molecule has 0 unspecified atom stereocenters. The molecule has 0 aromatic heterocycles. The van der Waals surface area contributed by atoms with Gasteiger partial charge in [0.1, 0.15) is 0 Å². The van der Waals surface area contributed by atoms with Crippen LogP contribution in [0.4, 0.5) is 13.2 Å². The Hall–Kier alpha value is -0.290. The number of rotatable bonds is 2. The van der Waals surface area contributed by atoms with E-state index in [2.05, 4.69) is 4.90 Å². The molecule has 1 aliphatic heterocycles. The van der Waals surface area contributed by atoms with E-state index >= 15 is 0 Å². The van der Waals surface area contributed by atoms with Crippen molar-refractivity contribution >= 4 is 0 Å². The molecule has 0 aromatic carbocycles. The first-order valence-corrected chi connectivity index (χ1v) is 5.69. The van der Waals surface area contributed by atoms with E-state index in [9.17, 15) is 18.3 Å². The van der Waals surface area contributed by atoms with E-state index in [0.717, 1.165) is 6.92 Å². The van der Waals surface area contributed by atoms with Crippen LogP contribution in [0.15, 0.2) is 0 Å². The highest BCUT2D eigenvalue weighted by Gasteiger charge is 2.54. The van der Waals surface area contributed by atoms with Gasteiger partial charge in [0.25, 0.3) is 0 Å². The largest absolute Gasteiger partial charge is 0.417 e. The Labute approximate surface area is 94.4 Å². The Bertz CT molecular complexity index is 230. The van der Waals surface area contributed by atoms with Gasteiger partial charge in [0, 0.05) is 6.04 Å². The maximum Gasteiger partial charge on any atom is 0.417 e. The molecule has 0 radical (unpaired) electrons. The zero-order chi connectivity index (χ0) is 12.6. The van der Waals surface area contributed by atoms with Crippen molar-refractivity contribution in [2.75, 3.05) is 13.1 Å². The van der Waals surface area contributed by atoms with Gasteiger partial charge in [-0.05, 0) is 52.6 Å². The number of halogens is 3. The van der Waals surface area contributed by atoms with Gasteiger partial charge in [-0.3, -0.25) is 0 Å². The smallest absolute Gasteiger partial charge is 0.380 e. The summed E-state index contributed by atoms with van der Waals surface area (Å²) in [6, 6.07) is 0.358. The van der Waals surface area contributed by atoms with Crippen molar-refractivity contribution in [2.24, 2.45) is 5.92 Å². The van der Waals surface area contributed by atoms with Crippen LogP contribution >= 0.6 is 0 Å². The Balaban J connectivity index is 2.60. The second-order valence-corrected chi connectivity index (χ2v) is 5.05. The summed E-state index contributed by atoms with van der Waals surface area (Å²) in [7, 11) is 0. The van der Waals surface area contributed by atoms with E-state index < -0.39 is 17.7 Å². The van der Waals surface area contributed by atoms with Crippen LogP contribution in [0.2, 0.25) is 0 Å². The van der Waals surface area contributed by atoms with E-state index in [1.165, 1.54) is 0 Å². The molecule has 0 spiro atoms. The average molecular weight is 239 g/mol. The lowest BCUT2D eigenvalue weighted by Gasteiger charge is -2.41. The van der Waals surface area contributed by atoms with Crippen molar-refractivity contribution < 1.29 is 18.3 Å². The molecule has 1 heterocycles. The molecule has 16 heavy (non-hydrogen) atoms. The predicted octanol–water partition coefficient (Wildman–Crippen LogP) is 2.42. The molecule has 0 amide bonds. The lowest BCUT2D eigenvalue weighted by molar-refractivity contribution is -0.276. The van der Waals surface area contributed by atoms with Crippen molar-refractivity contribution in [3.63, 3.8) is 0 Å². The van der Waals surface area contributed by atoms with Gasteiger partial charge in [0.05, 0.1) is 0 Å². The van der Waals surface area contributed by atoms with Gasteiger partial charge in [-0.2, -0.15) is 13.2 Å². The lowest BCUT2D eigenvalue weighted by Crippen LogP contribution is -2.53. The predicted molar refractivity (Wildman–Crippen MR) is 56.1 cm³/mol. The van der Waals surface area contributed by atoms with E-state index in [0.29, 0.717) is 32.0 Å². The molecule has 2 nitrogen and oxygen atoms in total. The van der Waals surface area contributed by atoms with E-state index in [1.807, 2.05) is 13.8 Å². The summed E-state index contributed by atoms with van der Waals surface area (Å²) >= 11 is 0. The number of alkyl halides is 3. The molecule has 1 fully saturated rings. The topological polar surface area (TPSA) is 23.5 Å². The molecule has 0 saturated carbocycles. The fourth-order valence-electron chi connectivity index (χ4n) is 2.21. The van der Waals surface area contributed by atoms with Crippen LogP contribution in [0.3, 0.4) is 0 Å². The van der Waals surface area contributed by atoms with Crippen LogP contribution in [0.5, 0.6) is 0 Å². The maximum absolute atomic E-state index is 12.6. The minimum absolute atomic E-state index is 0.358. The SMILES string of the molecule is CC(C)N1CCC([C@@](C)(O)C(F)(F)F)CC1. The normalized spacial score (nSPS) is 24.8. The fraction of sp³-hybridized carbons (Fsp3) is 1.00. The number of aliphatic hydroxyl groups is 1. The van der Waals surface area contributed by atoms with Crippen molar-refractivity contribution in [3.8, 4) is 0 Å². The van der Waals surface area contributed by atoms with Crippen LogP contribution in [-0.2, 0) is 0 Å². The second-order valence-electron chi connectivity index (χ2n) is 5.05. The van der Waals surface area contributed by atoms with Crippen molar-refractivity contribution in [2.45, 2.75) is 51.4 Å². The first-order chi connectivity index (χ1) is 7.16. The minimum atomic E-state index is -4.53.